The zero-order chi connectivity index (χ0) is 44.9. The van der Waals surface area contributed by atoms with E-state index in [0.29, 0.717) is 61.5 Å². The first kappa shape index (κ1) is 49.6. The molecule has 1 fully saturated rings. The largest absolute Gasteiger partial charge is 0.488 e. The lowest BCUT2D eigenvalue weighted by molar-refractivity contribution is -0.151. The standard InChI is InChI=1S/C48H67NO11/c1-13-41(50)60-48(9,10)31-30-47(7,8)59-39-26-19-36(20-27-39)44(53)57-40(32-49(11)12)21-14-33(2)55-42(51)34-15-22-37(23-16-34)56-43(52)35-17-24-38(25-18-35)58-46(5,6)29-28-45(3,4)54/h13-16,19-23,26-27,35,38,54H,1,17-18,24-25,28-32H2,2-12H3/b33-14+,40-21+. The molecule has 1 N–H and O–H groups in total. The zero-order valence-corrected chi connectivity index (χ0v) is 37.6. The first-order valence-corrected chi connectivity index (χ1v) is 20.7. The molecular formula is C48H67NO11. The molecule has 2 aromatic rings. The fourth-order valence-corrected chi connectivity index (χ4v) is 6.45. The van der Waals surface area contributed by atoms with Gasteiger partial charge in [-0.15, -0.1) is 0 Å². The Morgan fingerprint density at radius 2 is 1.23 bits per heavy atom. The van der Waals surface area contributed by atoms with Crippen molar-refractivity contribution in [3.8, 4) is 11.5 Å². The number of allylic oxidation sites excluding steroid dienone is 3. The van der Waals surface area contributed by atoms with Crippen molar-refractivity contribution < 1.29 is 52.7 Å². The van der Waals surface area contributed by atoms with E-state index in [-0.39, 0.29) is 34.9 Å². The summed E-state index contributed by atoms with van der Waals surface area (Å²) in [7, 11) is 3.67. The first-order valence-electron chi connectivity index (χ1n) is 20.7. The Hall–Kier alpha value is -4.78. The summed E-state index contributed by atoms with van der Waals surface area (Å²) in [6.45, 7) is 20.6. The van der Waals surface area contributed by atoms with Gasteiger partial charge in [0.05, 0.1) is 40.9 Å². The topological polar surface area (TPSA) is 147 Å². The molecule has 0 bridgehead atoms. The average Bonchev–Trinajstić information content (AvgIpc) is 3.15. The fraction of sp³-hybridized carbons (Fsp3) is 0.542. The smallest absolute Gasteiger partial charge is 0.343 e. The molecule has 12 heteroatoms. The van der Waals surface area contributed by atoms with Crippen LogP contribution in [-0.4, -0.2) is 83.0 Å². The van der Waals surface area contributed by atoms with Gasteiger partial charge in [0.25, 0.3) is 0 Å². The highest BCUT2D eigenvalue weighted by molar-refractivity contribution is 5.91. The summed E-state index contributed by atoms with van der Waals surface area (Å²) in [6.07, 6.45) is 9.69. The molecule has 0 saturated heterocycles. The van der Waals surface area contributed by atoms with Gasteiger partial charge in [0.15, 0.2) is 0 Å². The Labute approximate surface area is 356 Å². The predicted octanol–water partition coefficient (Wildman–Crippen LogP) is 9.31. The molecule has 0 radical (unpaired) electrons. The molecule has 0 aromatic heterocycles. The van der Waals surface area contributed by atoms with Crippen molar-refractivity contribution in [3.05, 3.63) is 96.0 Å². The van der Waals surface area contributed by atoms with Crippen LogP contribution in [0.2, 0.25) is 0 Å². The van der Waals surface area contributed by atoms with E-state index in [0.717, 1.165) is 25.3 Å². The quantitative estimate of drug-likeness (QED) is 0.0319. The van der Waals surface area contributed by atoms with Gasteiger partial charge < -0.3 is 38.4 Å². The summed E-state index contributed by atoms with van der Waals surface area (Å²) >= 11 is 0. The third-order valence-electron chi connectivity index (χ3n) is 9.95. The maximum absolute atomic E-state index is 13.1. The van der Waals surface area contributed by atoms with Crippen LogP contribution >= 0.6 is 0 Å². The van der Waals surface area contributed by atoms with Gasteiger partial charge >= 0.3 is 23.9 Å². The lowest BCUT2D eigenvalue weighted by atomic mass is 9.86. The molecule has 0 heterocycles. The highest BCUT2D eigenvalue weighted by Gasteiger charge is 2.33. The number of hydrogen-bond acceptors (Lipinski definition) is 12. The summed E-state index contributed by atoms with van der Waals surface area (Å²) in [6, 6.07) is 12.8. The van der Waals surface area contributed by atoms with Crippen LogP contribution < -0.4 is 9.47 Å². The van der Waals surface area contributed by atoms with E-state index >= 15 is 0 Å². The summed E-state index contributed by atoms with van der Waals surface area (Å²) in [5.74, 6) is -0.678. The average molecular weight is 834 g/mol. The van der Waals surface area contributed by atoms with Gasteiger partial charge in [-0.25, -0.2) is 14.4 Å². The van der Waals surface area contributed by atoms with Gasteiger partial charge in [-0.05, 0) is 188 Å². The molecule has 12 nitrogen and oxygen atoms in total. The van der Waals surface area contributed by atoms with E-state index in [1.807, 2.05) is 60.5 Å². The van der Waals surface area contributed by atoms with Crippen molar-refractivity contribution >= 4 is 23.9 Å². The normalized spacial score (nSPS) is 16.8. The number of nitrogens with zero attached hydrogens (tertiary/aromatic N) is 1. The third-order valence-corrected chi connectivity index (χ3v) is 9.95. The Kier molecular flexibility index (Phi) is 17.9. The molecule has 0 spiro atoms. The van der Waals surface area contributed by atoms with Crippen LogP contribution in [0, 0.1) is 5.92 Å². The van der Waals surface area contributed by atoms with E-state index < -0.39 is 34.7 Å². The maximum atomic E-state index is 13.1. The minimum atomic E-state index is -0.745. The van der Waals surface area contributed by atoms with Crippen LogP contribution in [0.5, 0.6) is 11.5 Å². The van der Waals surface area contributed by atoms with Gasteiger partial charge in [-0.1, -0.05) is 6.58 Å². The van der Waals surface area contributed by atoms with Crippen molar-refractivity contribution in [2.45, 2.75) is 142 Å². The van der Waals surface area contributed by atoms with E-state index in [1.165, 1.54) is 12.1 Å². The molecule has 3 rings (SSSR count). The Bertz CT molecular complexity index is 1820. The molecule has 1 aliphatic rings. The number of carbonyl (C=O) groups is 4. The summed E-state index contributed by atoms with van der Waals surface area (Å²) in [4.78, 5) is 52.5. The first-order chi connectivity index (χ1) is 27.8. The monoisotopic (exact) mass is 833 g/mol. The number of esters is 4. The molecule has 330 valence electrons. The predicted molar refractivity (Wildman–Crippen MR) is 230 cm³/mol. The molecule has 0 atom stereocenters. The van der Waals surface area contributed by atoms with E-state index in [2.05, 4.69) is 6.58 Å². The Morgan fingerprint density at radius 1 is 0.717 bits per heavy atom. The summed E-state index contributed by atoms with van der Waals surface area (Å²) in [5.41, 5.74) is -1.79. The number of ether oxygens (including phenoxy) is 6. The van der Waals surface area contributed by atoms with Crippen molar-refractivity contribution in [1.29, 1.82) is 0 Å². The minimum Gasteiger partial charge on any atom is -0.488 e. The lowest BCUT2D eigenvalue weighted by Crippen LogP contribution is -2.36. The van der Waals surface area contributed by atoms with Gasteiger partial charge in [0.1, 0.15) is 34.2 Å². The summed E-state index contributed by atoms with van der Waals surface area (Å²) in [5, 5.41) is 10.1. The molecule has 0 unspecified atom stereocenters. The molecule has 1 aliphatic carbocycles. The lowest BCUT2D eigenvalue weighted by Gasteiger charge is -2.35. The van der Waals surface area contributed by atoms with Crippen LogP contribution in [0.1, 0.15) is 134 Å². The molecule has 60 heavy (non-hydrogen) atoms. The number of aliphatic hydroxyl groups is 1. The van der Waals surface area contributed by atoms with Crippen molar-refractivity contribution in [3.63, 3.8) is 0 Å². The number of rotatable bonds is 21. The van der Waals surface area contributed by atoms with Crippen molar-refractivity contribution in [2.75, 3.05) is 20.6 Å². The van der Waals surface area contributed by atoms with Gasteiger partial charge in [0, 0.05) is 6.08 Å². The molecule has 2 aromatic carbocycles. The molecule has 1 saturated carbocycles. The Morgan fingerprint density at radius 3 is 1.77 bits per heavy atom. The van der Waals surface area contributed by atoms with E-state index in [4.69, 9.17) is 28.4 Å². The zero-order valence-electron chi connectivity index (χ0n) is 37.6. The second kappa shape index (κ2) is 21.7. The third kappa shape index (κ3) is 18.2. The van der Waals surface area contributed by atoms with Crippen molar-refractivity contribution in [2.24, 2.45) is 5.92 Å². The molecule has 0 amide bonds. The Balaban J connectivity index is 1.51. The molecular weight excluding hydrogens is 767 g/mol. The van der Waals surface area contributed by atoms with Crippen LogP contribution in [0.4, 0.5) is 0 Å². The number of carbonyl (C=O) groups excluding carboxylic acids is 4. The highest BCUT2D eigenvalue weighted by Crippen LogP contribution is 2.33. The maximum Gasteiger partial charge on any atom is 0.343 e. The fourth-order valence-electron chi connectivity index (χ4n) is 6.45. The van der Waals surface area contributed by atoms with Crippen LogP contribution in [0.3, 0.4) is 0 Å². The van der Waals surface area contributed by atoms with Crippen LogP contribution in [0.25, 0.3) is 0 Å². The number of benzene rings is 2. The minimum absolute atomic E-state index is 0.0528. The van der Waals surface area contributed by atoms with Crippen LogP contribution in [0.15, 0.2) is 84.9 Å². The van der Waals surface area contributed by atoms with Gasteiger partial charge in [0.2, 0.25) is 0 Å². The second-order valence-electron chi connectivity index (χ2n) is 18.3. The van der Waals surface area contributed by atoms with Gasteiger partial charge in [-0.2, -0.15) is 0 Å². The SMILES string of the molecule is C=CC(=O)OC(C)(C)CCC(C)(C)Oc1ccc(C(=O)O/C(=C/C=C(\C)OC(=O)c2ccc(OC(=O)C3CCC(OC(C)(C)CCC(C)(C)O)CC3)cc2)CN(C)C)cc1. The van der Waals surface area contributed by atoms with Crippen molar-refractivity contribution in [1.82, 2.24) is 4.90 Å². The second-order valence-corrected chi connectivity index (χ2v) is 18.3. The number of hydrogen-bond donors (Lipinski definition) is 1. The number of likely N-dealkylation sites (N-methyl/N-ethyl adjacent to an activating group) is 1. The van der Waals surface area contributed by atoms with E-state index in [9.17, 15) is 24.3 Å². The highest BCUT2D eigenvalue weighted by atomic mass is 16.6. The van der Waals surface area contributed by atoms with E-state index in [1.54, 1.807) is 69.3 Å². The van der Waals surface area contributed by atoms with Gasteiger partial charge in [-0.3, -0.25) is 4.79 Å². The summed E-state index contributed by atoms with van der Waals surface area (Å²) < 4.78 is 34.9. The molecule has 0 aliphatic heterocycles. The van der Waals surface area contributed by atoms with Crippen LogP contribution in [-0.2, 0) is 28.5 Å².